The molecule has 0 bridgehead atoms. The van der Waals surface area contributed by atoms with Crippen molar-refractivity contribution >= 4 is 0 Å². The highest BCUT2D eigenvalue weighted by Crippen LogP contribution is 2.37. The van der Waals surface area contributed by atoms with Gasteiger partial charge in [0.1, 0.15) is 0 Å². The minimum absolute atomic E-state index is 0.625. The van der Waals surface area contributed by atoms with Crippen LogP contribution in [0.25, 0.3) is 0 Å². The number of hydrogen-bond donors (Lipinski definition) is 1. The smallest absolute Gasteiger partial charge is 0.0371 e. The highest BCUT2D eigenvalue weighted by Gasteiger charge is 2.34. The number of nitrogens with one attached hydrogen (secondary N) is 1. The van der Waals surface area contributed by atoms with Crippen molar-refractivity contribution in [3.05, 3.63) is 23.5 Å². The van der Waals surface area contributed by atoms with Gasteiger partial charge in [-0.05, 0) is 38.3 Å². The topological polar surface area (TPSA) is 19.0 Å². The third kappa shape index (κ3) is 2.28. The zero-order valence-electron chi connectivity index (χ0n) is 11.7. The molecule has 1 aliphatic rings. The van der Waals surface area contributed by atoms with E-state index in [9.17, 15) is 0 Å². The van der Waals surface area contributed by atoms with E-state index < -0.39 is 0 Å². The van der Waals surface area contributed by atoms with E-state index in [1.807, 2.05) is 0 Å². The van der Waals surface area contributed by atoms with Crippen LogP contribution in [0.15, 0.2) is 12.3 Å². The Kier molecular flexibility index (Phi) is 3.93. The van der Waals surface area contributed by atoms with E-state index in [2.05, 4.69) is 49.8 Å². The van der Waals surface area contributed by atoms with Gasteiger partial charge in [-0.15, -0.1) is 0 Å². The van der Waals surface area contributed by atoms with Gasteiger partial charge in [0, 0.05) is 36.4 Å². The van der Waals surface area contributed by atoms with Crippen LogP contribution < -0.4 is 0 Å². The van der Waals surface area contributed by atoms with E-state index in [0.29, 0.717) is 18.1 Å². The van der Waals surface area contributed by atoms with E-state index in [0.717, 1.165) is 0 Å². The lowest BCUT2D eigenvalue weighted by Gasteiger charge is -2.44. The highest BCUT2D eigenvalue weighted by atomic mass is 15.2. The summed E-state index contributed by atoms with van der Waals surface area (Å²) in [6.07, 6.45) is 7.09. The summed E-state index contributed by atoms with van der Waals surface area (Å²) in [7, 11) is 0. The van der Waals surface area contributed by atoms with Gasteiger partial charge in [-0.1, -0.05) is 20.3 Å². The molecule has 1 aromatic rings. The van der Waals surface area contributed by atoms with Gasteiger partial charge in [0.2, 0.25) is 0 Å². The lowest BCUT2D eigenvalue weighted by Crippen LogP contribution is -2.47. The second-order valence-corrected chi connectivity index (χ2v) is 5.52. The molecule has 0 saturated heterocycles. The van der Waals surface area contributed by atoms with Crippen LogP contribution in [-0.4, -0.2) is 22.0 Å². The van der Waals surface area contributed by atoms with Crippen LogP contribution in [0.2, 0.25) is 0 Å². The Labute approximate surface area is 105 Å². The number of H-pyrrole nitrogens is 1. The van der Waals surface area contributed by atoms with Crippen LogP contribution in [0.3, 0.4) is 0 Å². The lowest BCUT2D eigenvalue weighted by molar-refractivity contribution is 0.0711. The fourth-order valence-corrected chi connectivity index (χ4v) is 3.38. The average molecular weight is 234 g/mol. The number of aromatic nitrogens is 1. The van der Waals surface area contributed by atoms with Crippen LogP contribution in [0.4, 0.5) is 0 Å². The summed E-state index contributed by atoms with van der Waals surface area (Å²) in [6, 6.07) is 4.26. The third-order valence-corrected chi connectivity index (χ3v) is 4.08. The van der Waals surface area contributed by atoms with Crippen LogP contribution in [0, 0.1) is 0 Å². The van der Waals surface area contributed by atoms with Gasteiger partial charge < -0.3 is 4.98 Å². The molecular formula is C15H26N2. The third-order valence-electron chi connectivity index (χ3n) is 4.08. The summed E-state index contributed by atoms with van der Waals surface area (Å²) in [5.41, 5.74) is 3.03. The van der Waals surface area contributed by atoms with Crippen LogP contribution in [0.1, 0.15) is 64.3 Å². The SMILES string of the molecule is CCC[C@H]1c2cc[nH]c2C[C@@H](CC)N1C(C)C. The molecule has 2 heteroatoms. The normalized spacial score (nSPS) is 25.2. The average Bonchev–Trinajstić information content (AvgIpc) is 2.76. The van der Waals surface area contributed by atoms with E-state index in [1.54, 1.807) is 5.56 Å². The summed E-state index contributed by atoms with van der Waals surface area (Å²) in [5.74, 6) is 0. The monoisotopic (exact) mass is 234 g/mol. The van der Waals surface area contributed by atoms with Crippen molar-refractivity contribution in [1.82, 2.24) is 9.88 Å². The molecule has 2 nitrogen and oxygen atoms in total. The first-order valence-electron chi connectivity index (χ1n) is 7.12. The zero-order valence-corrected chi connectivity index (χ0v) is 11.7. The quantitative estimate of drug-likeness (QED) is 0.837. The summed E-state index contributed by atoms with van der Waals surface area (Å²) in [4.78, 5) is 6.18. The molecule has 0 saturated carbocycles. The molecule has 1 aliphatic heterocycles. The van der Waals surface area contributed by atoms with Crippen molar-refractivity contribution in [2.75, 3.05) is 0 Å². The Bertz CT molecular complexity index is 354. The highest BCUT2D eigenvalue weighted by molar-refractivity contribution is 5.28. The zero-order chi connectivity index (χ0) is 12.4. The van der Waals surface area contributed by atoms with Gasteiger partial charge in [-0.2, -0.15) is 0 Å². The second-order valence-electron chi connectivity index (χ2n) is 5.52. The maximum absolute atomic E-state index is 3.44. The molecule has 0 spiro atoms. The number of aromatic amines is 1. The molecule has 2 rings (SSSR count). The number of fused-ring (bicyclic) bond motifs is 1. The molecular weight excluding hydrogens is 208 g/mol. The predicted molar refractivity (Wildman–Crippen MR) is 73.2 cm³/mol. The Morgan fingerprint density at radius 2 is 2.18 bits per heavy atom. The van der Waals surface area contributed by atoms with Gasteiger partial charge in [0.25, 0.3) is 0 Å². The van der Waals surface area contributed by atoms with Gasteiger partial charge in [0.15, 0.2) is 0 Å². The van der Waals surface area contributed by atoms with Crippen LogP contribution >= 0.6 is 0 Å². The van der Waals surface area contributed by atoms with E-state index >= 15 is 0 Å². The molecule has 17 heavy (non-hydrogen) atoms. The summed E-state index contributed by atoms with van der Waals surface area (Å²) in [6.45, 7) is 9.28. The fourth-order valence-electron chi connectivity index (χ4n) is 3.38. The fraction of sp³-hybridized carbons (Fsp3) is 0.733. The molecule has 0 aliphatic carbocycles. The summed E-state index contributed by atoms with van der Waals surface area (Å²) >= 11 is 0. The van der Waals surface area contributed by atoms with Gasteiger partial charge in [-0.3, -0.25) is 4.90 Å². The number of rotatable bonds is 4. The van der Waals surface area contributed by atoms with E-state index in [4.69, 9.17) is 0 Å². The predicted octanol–water partition coefficient (Wildman–Crippen LogP) is 3.90. The van der Waals surface area contributed by atoms with Crippen molar-refractivity contribution in [2.24, 2.45) is 0 Å². The molecule has 2 heterocycles. The maximum atomic E-state index is 3.44. The molecule has 96 valence electrons. The molecule has 0 radical (unpaired) electrons. The largest absolute Gasteiger partial charge is 0.365 e. The summed E-state index contributed by atoms with van der Waals surface area (Å²) < 4.78 is 0. The van der Waals surface area contributed by atoms with E-state index in [1.165, 1.54) is 31.4 Å². The van der Waals surface area contributed by atoms with Crippen LogP contribution in [-0.2, 0) is 6.42 Å². The summed E-state index contributed by atoms with van der Waals surface area (Å²) in [5, 5.41) is 0. The standard InChI is InChI=1S/C15H26N2/c1-5-7-15-13-8-9-16-14(13)10-12(6-2)17(15)11(3)4/h8-9,11-12,15-16H,5-7,10H2,1-4H3/t12-,15+/m1/s1. The first-order valence-corrected chi connectivity index (χ1v) is 7.12. The molecule has 0 amide bonds. The Hall–Kier alpha value is -0.760. The molecule has 1 aromatic heterocycles. The molecule has 2 atom stereocenters. The van der Waals surface area contributed by atoms with Crippen molar-refractivity contribution < 1.29 is 0 Å². The van der Waals surface area contributed by atoms with Crippen molar-refractivity contribution in [2.45, 2.75) is 71.5 Å². The first-order chi connectivity index (χ1) is 8.19. The number of nitrogens with zero attached hydrogens (tertiary/aromatic N) is 1. The van der Waals surface area contributed by atoms with Gasteiger partial charge >= 0.3 is 0 Å². The maximum Gasteiger partial charge on any atom is 0.0371 e. The lowest BCUT2D eigenvalue weighted by atomic mass is 9.88. The van der Waals surface area contributed by atoms with Gasteiger partial charge in [-0.25, -0.2) is 0 Å². The van der Waals surface area contributed by atoms with Crippen molar-refractivity contribution in [1.29, 1.82) is 0 Å². The van der Waals surface area contributed by atoms with Gasteiger partial charge in [0.05, 0.1) is 0 Å². The Balaban J connectivity index is 2.34. The molecule has 0 fully saturated rings. The second kappa shape index (κ2) is 5.26. The molecule has 0 aromatic carbocycles. The molecule has 1 N–H and O–H groups in total. The van der Waals surface area contributed by atoms with E-state index in [-0.39, 0.29) is 0 Å². The molecule has 0 unspecified atom stereocenters. The minimum Gasteiger partial charge on any atom is -0.365 e. The van der Waals surface area contributed by atoms with Crippen molar-refractivity contribution in [3.8, 4) is 0 Å². The van der Waals surface area contributed by atoms with Crippen molar-refractivity contribution in [3.63, 3.8) is 0 Å². The Morgan fingerprint density at radius 1 is 1.41 bits per heavy atom. The van der Waals surface area contributed by atoms with Crippen LogP contribution in [0.5, 0.6) is 0 Å². The number of hydrogen-bond acceptors (Lipinski definition) is 1. The minimum atomic E-state index is 0.625. The first kappa shape index (κ1) is 12.7. The Morgan fingerprint density at radius 3 is 2.76 bits per heavy atom.